The van der Waals surface area contributed by atoms with E-state index in [1.807, 2.05) is 0 Å². The fourth-order valence-electron chi connectivity index (χ4n) is 11.3. The summed E-state index contributed by atoms with van der Waals surface area (Å²) in [7, 11) is 0. The van der Waals surface area contributed by atoms with E-state index in [0.29, 0.717) is 11.8 Å². The van der Waals surface area contributed by atoms with Crippen LogP contribution >= 0.6 is 0 Å². The van der Waals surface area contributed by atoms with E-state index >= 15 is 0 Å². The molecule has 0 radical (unpaired) electrons. The Morgan fingerprint density at radius 2 is 1.25 bits per heavy atom. The van der Waals surface area contributed by atoms with Gasteiger partial charge in [0.1, 0.15) is 18.2 Å². The van der Waals surface area contributed by atoms with Crippen molar-refractivity contribution in [3.8, 4) is 22.3 Å². The minimum Gasteiger partial charge on any atom is -0.350 e. The summed E-state index contributed by atoms with van der Waals surface area (Å²) in [6.45, 7) is 4.90. The summed E-state index contributed by atoms with van der Waals surface area (Å²) in [6, 6.07) is 55.7. The number of nitrogens with zero attached hydrogens (tertiary/aromatic N) is 1. The zero-order valence-corrected chi connectivity index (χ0v) is 32.9. The Hall–Kier alpha value is -5.77. The maximum Gasteiger partial charge on any atom is 0.131 e. The first kappa shape index (κ1) is 34.5. The van der Waals surface area contributed by atoms with E-state index in [-0.39, 0.29) is 23.2 Å². The molecule has 4 unspecified atom stereocenters. The quantitative estimate of drug-likeness (QED) is 0.185. The van der Waals surface area contributed by atoms with Crippen molar-refractivity contribution in [1.29, 1.82) is 0 Å². The molecule has 2 N–H and O–H groups in total. The van der Waals surface area contributed by atoms with E-state index in [9.17, 15) is 0 Å². The fraction of sp³-hybridized carbons (Fsp3) is 0.241. The van der Waals surface area contributed by atoms with Gasteiger partial charge in [-0.05, 0) is 91.6 Å². The minimum absolute atomic E-state index is 0.0583. The third kappa shape index (κ3) is 5.54. The molecule has 1 aliphatic heterocycles. The predicted molar refractivity (Wildman–Crippen MR) is 235 cm³/mol. The van der Waals surface area contributed by atoms with Gasteiger partial charge in [-0.15, -0.1) is 0 Å². The molecule has 1 heterocycles. The molecule has 6 aromatic rings. The Labute approximate surface area is 337 Å². The number of nitrogens with one attached hydrogen (secondary N) is 2. The Kier molecular flexibility index (Phi) is 8.12. The maximum absolute atomic E-state index is 5.18. The second-order valence-corrected chi connectivity index (χ2v) is 17.5. The number of aliphatic imine (C=N–C) groups is 1. The van der Waals surface area contributed by atoms with Crippen LogP contribution in [0.25, 0.3) is 27.8 Å². The summed E-state index contributed by atoms with van der Waals surface area (Å²) in [5, 5.41) is 7.40. The molecule has 0 amide bonds. The fourth-order valence-corrected chi connectivity index (χ4v) is 11.3. The van der Waals surface area contributed by atoms with Crippen molar-refractivity contribution in [3.05, 3.63) is 208 Å². The molecule has 3 nitrogen and oxygen atoms in total. The van der Waals surface area contributed by atoms with Crippen molar-refractivity contribution in [2.24, 2.45) is 10.9 Å². The summed E-state index contributed by atoms with van der Waals surface area (Å²) >= 11 is 0. The summed E-state index contributed by atoms with van der Waals surface area (Å²) in [5.41, 5.74) is 17.7. The Balaban J connectivity index is 0.943. The minimum atomic E-state index is -0.153. The third-order valence-corrected chi connectivity index (χ3v) is 14.1. The van der Waals surface area contributed by atoms with E-state index in [0.717, 1.165) is 17.0 Å². The normalized spacial score (nSPS) is 23.6. The second kappa shape index (κ2) is 13.4. The van der Waals surface area contributed by atoms with Crippen LogP contribution in [-0.4, -0.2) is 5.84 Å². The third-order valence-electron chi connectivity index (χ3n) is 14.1. The molecule has 1 saturated carbocycles. The Morgan fingerprint density at radius 3 is 2.04 bits per heavy atom. The van der Waals surface area contributed by atoms with Gasteiger partial charge in [0.2, 0.25) is 0 Å². The highest BCUT2D eigenvalue weighted by Gasteiger charge is 2.54. The van der Waals surface area contributed by atoms with Gasteiger partial charge in [0.15, 0.2) is 0 Å². The van der Waals surface area contributed by atoms with Gasteiger partial charge in [-0.3, -0.25) is 5.32 Å². The van der Waals surface area contributed by atoms with Gasteiger partial charge in [0, 0.05) is 22.3 Å². The zero-order valence-electron chi connectivity index (χ0n) is 32.9. The van der Waals surface area contributed by atoms with E-state index < -0.39 is 0 Å². The number of allylic oxidation sites excluding steroid dienone is 4. The smallest absolute Gasteiger partial charge is 0.131 e. The molecule has 4 aliphatic carbocycles. The maximum atomic E-state index is 5.18. The molecule has 4 atom stereocenters. The molecule has 0 aromatic heterocycles. The summed E-state index contributed by atoms with van der Waals surface area (Å²) in [5.74, 6) is 1.87. The number of amidine groups is 1. The zero-order chi connectivity index (χ0) is 38.1. The predicted octanol–water partition coefficient (Wildman–Crippen LogP) is 12.6. The van der Waals surface area contributed by atoms with Crippen molar-refractivity contribution in [3.63, 3.8) is 0 Å². The first-order chi connectivity index (χ1) is 28.0. The molecular weight excluding hydrogens is 691 g/mol. The summed E-state index contributed by atoms with van der Waals surface area (Å²) < 4.78 is 0. The van der Waals surface area contributed by atoms with Crippen LogP contribution in [0.3, 0.4) is 0 Å². The van der Waals surface area contributed by atoms with Crippen LogP contribution in [0.2, 0.25) is 0 Å². The lowest BCUT2D eigenvalue weighted by Gasteiger charge is -2.42. The molecule has 280 valence electrons. The number of fused-ring (bicyclic) bond motifs is 8. The molecular formula is C54H49N3. The highest BCUT2D eigenvalue weighted by Crippen LogP contribution is 2.64. The SMILES string of the molecule is CC1(C)C2=CC3c4ccccc4C4(CCCCC4)C3C=C2c2c(-c3cccc(-c4ccc(C5=NC(c6ccccc6)NC(c6ccccc6)N5)cc4)c3)cccc21. The van der Waals surface area contributed by atoms with Crippen molar-refractivity contribution in [2.75, 3.05) is 0 Å². The molecule has 1 spiro atoms. The van der Waals surface area contributed by atoms with Gasteiger partial charge < -0.3 is 5.32 Å². The molecule has 57 heavy (non-hydrogen) atoms. The number of hydrogen-bond acceptors (Lipinski definition) is 3. The topological polar surface area (TPSA) is 36.4 Å². The second-order valence-electron chi connectivity index (χ2n) is 17.5. The van der Waals surface area contributed by atoms with Gasteiger partial charge >= 0.3 is 0 Å². The largest absolute Gasteiger partial charge is 0.350 e. The standard InChI is InChI=1S/C54H49N3/c1-53(2)46-25-15-23-41(49(46)44-34-48-43(33-47(44)53)42-22-10-11-24-45(42)54(48)30-12-5-13-31-54)40-21-14-20-39(32-40)35-26-28-38(29-27-35)52-56-50(36-16-6-3-7-17-36)55-51(57-52)37-18-8-4-9-19-37/h3-4,6-11,14-29,32-34,43,48,50-51,55H,5,12-13,30-31H2,1-2H3,(H,56,57). The Bertz CT molecular complexity index is 2590. The summed E-state index contributed by atoms with van der Waals surface area (Å²) in [6.07, 6.45) is 11.9. The van der Waals surface area contributed by atoms with Crippen LogP contribution in [-0.2, 0) is 10.8 Å². The van der Waals surface area contributed by atoms with Gasteiger partial charge in [0.05, 0.1) is 0 Å². The van der Waals surface area contributed by atoms with E-state index in [2.05, 4.69) is 188 Å². The van der Waals surface area contributed by atoms with Crippen LogP contribution in [0.5, 0.6) is 0 Å². The first-order valence-electron chi connectivity index (χ1n) is 21.1. The molecule has 6 aromatic carbocycles. The molecule has 3 heteroatoms. The first-order valence-corrected chi connectivity index (χ1v) is 21.1. The number of rotatable bonds is 5. The van der Waals surface area contributed by atoms with Crippen LogP contribution in [0.1, 0.15) is 103 Å². The van der Waals surface area contributed by atoms with Gasteiger partial charge in [-0.25, -0.2) is 4.99 Å². The molecule has 11 rings (SSSR count). The van der Waals surface area contributed by atoms with Crippen molar-refractivity contribution in [1.82, 2.24) is 10.6 Å². The number of hydrogen-bond donors (Lipinski definition) is 2. The van der Waals surface area contributed by atoms with E-state index in [4.69, 9.17) is 4.99 Å². The van der Waals surface area contributed by atoms with E-state index in [1.54, 1.807) is 11.1 Å². The van der Waals surface area contributed by atoms with Crippen molar-refractivity contribution < 1.29 is 0 Å². The molecule has 5 aliphatic rings. The lowest BCUT2D eigenvalue weighted by atomic mass is 9.62. The van der Waals surface area contributed by atoms with Crippen LogP contribution in [0, 0.1) is 5.92 Å². The lowest BCUT2D eigenvalue weighted by molar-refractivity contribution is 0.233. The van der Waals surface area contributed by atoms with Crippen LogP contribution in [0.15, 0.2) is 174 Å². The Morgan fingerprint density at radius 1 is 0.579 bits per heavy atom. The summed E-state index contributed by atoms with van der Waals surface area (Å²) in [4.78, 5) is 5.18. The molecule has 0 bridgehead atoms. The lowest BCUT2D eigenvalue weighted by Crippen LogP contribution is -2.44. The van der Waals surface area contributed by atoms with Gasteiger partial charge in [-0.1, -0.05) is 191 Å². The molecule has 0 saturated heterocycles. The van der Waals surface area contributed by atoms with Gasteiger partial charge in [-0.2, -0.15) is 0 Å². The average Bonchev–Trinajstić information content (AvgIpc) is 3.67. The highest BCUT2D eigenvalue weighted by molar-refractivity contribution is 6.00. The monoisotopic (exact) mass is 739 g/mol. The van der Waals surface area contributed by atoms with Gasteiger partial charge in [0.25, 0.3) is 0 Å². The van der Waals surface area contributed by atoms with E-state index in [1.165, 1.54) is 82.2 Å². The van der Waals surface area contributed by atoms with Crippen molar-refractivity contribution in [2.45, 2.75) is 75.0 Å². The highest BCUT2D eigenvalue weighted by atomic mass is 15.3. The average molecular weight is 740 g/mol. The van der Waals surface area contributed by atoms with Crippen LogP contribution in [0.4, 0.5) is 0 Å². The number of benzene rings is 6. The van der Waals surface area contributed by atoms with Crippen LogP contribution < -0.4 is 10.6 Å². The van der Waals surface area contributed by atoms with Crippen molar-refractivity contribution >= 4 is 11.4 Å². The molecule has 1 fully saturated rings.